The molecule has 1 aliphatic heterocycles. The van der Waals surface area contributed by atoms with Crippen molar-refractivity contribution in [1.29, 1.82) is 0 Å². The summed E-state index contributed by atoms with van der Waals surface area (Å²) in [6.45, 7) is 14.3. The third-order valence-corrected chi connectivity index (χ3v) is 4.59. The summed E-state index contributed by atoms with van der Waals surface area (Å²) in [5.74, 6) is 1.86. The molecule has 0 aromatic heterocycles. The summed E-state index contributed by atoms with van der Waals surface area (Å²) in [5, 5.41) is 3.57. The number of piperidine rings is 1. The van der Waals surface area contributed by atoms with Gasteiger partial charge in [-0.2, -0.15) is 0 Å². The molecule has 1 atom stereocenters. The summed E-state index contributed by atoms with van der Waals surface area (Å²) in [6.07, 6.45) is 6.81. The predicted octanol–water partition coefficient (Wildman–Crippen LogP) is 3.52. The number of hydrogen-bond donors (Lipinski definition) is 1. The maximum Gasteiger partial charge on any atom is 0.00647 e. The molecule has 0 radical (unpaired) electrons. The van der Waals surface area contributed by atoms with Gasteiger partial charge in [-0.05, 0) is 70.1 Å². The van der Waals surface area contributed by atoms with Gasteiger partial charge in [0.05, 0.1) is 0 Å². The molecule has 0 bridgehead atoms. The first kappa shape index (κ1) is 16.0. The molecule has 1 heterocycles. The second kappa shape index (κ2) is 8.92. The minimum Gasteiger partial charge on any atom is -0.314 e. The summed E-state index contributed by atoms with van der Waals surface area (Å²) in [7, 11) is 0. The van der Waals surface area contributed by atoms with Crippen LogP contribution < -0.4 is 5.32 Å². The van der Waals surface area contributed by atoms with E-state index in [0.29, 0.717) is 0 Å². The summed E-state index contributed by atoms with van der Waals surface area (Å²) in [4.78, 5) is 2.68. The molecule has 2 nitrogen and oxygen atoms in total. The van der Waals surface area contributed by atoms with Crippen molar-refractivity contribution in [2.24, 2.45) is 11.8 Å². The minimum absolute atomic E-state index is 0.739. The molecule has 2 heteroatoms. The van der Waals surface area contributed by atoms with Crippen LogP contribution in [0.15, 0.2) is 0 Å². The molecule has 1 aliphatic rings. The molecule has 108 valence electrons. The third kappa shape index (κ3) is 5.71. The first-order chi connectivity index (χ1) is 8.67. The van der Waals surface area contributed by atoms with Crippen molar-refractivity contribution in [3.8, 4) is 0 Å². The fraction of sp³-hybridized carbons (Fsp3) is 1.00. The average Bonchev–Trinajstić information content (AvgIpc) is 2.38. The smallest absolute Gasteiger partial charge is 0.00647 e. The highest BCUT2D eigenvalue weighted by Crippen LogP contribution is 2.24. The first-order valence-corrected chi connectivity index (χ1v) is 8.13. The topological polar surface area (TPSA) is 15.3 Å². The molecule has 0 aromatic carbocycles. The predicted molar refractivity (Wildman–Crippen MR) is 81.0 cm³/mol. The standard InChI is InChI=1S/C16H34N2/c1-5-16(17-6-2)8-7-11-18-12-9-15(10-13-18)14(3)4/h14-17H,5-13H2,1-4H3. The maximum absolute atomic E-state index is 3.57. The first-order valence-electron chi connectivity index (χ1n) is 8.13. The number of rotatable bonds is 8. The lowest BCUT2D eigenvalue weighted by Gasteiger charge is -2.34. The summed E-state index contributed by atoms with van der Waals surface area (Å²) >= 11 is 0. The van der Waals surface area contributed by atoms with Crippen LogP contribution in [0.3, 0.4) is 0 Å². The molecule has 1 unspecified atom stereocenters. The highest BCUT2D eigenvalue weighted by molar-refractivity contribution is 4.75. The van der Waals surface area contributed by atoms with Crippen LogP contribution in [0.1, 0.15) is 59.8 Å². The Morgan fingerprint density at radius 1 is 1.17 bits per heavy atom. The Hall–Kier alpha value is -0.0800. The summed E-state index contributed by atoms with van der Waals surface area (Å²) in [6, 6.07) is 0.739. The highest BCUT2D eigenvalue weighted by atomic mass is 15.1. The van der Waals surface area contributed by atoms with E-state index in [2.05, 4.69) is 37.9 Å². The van der Waals surface area contributed by atoms with Crippen molar-refractivity contribution in [3.63, 3.8) is 0 Å². The van der Waals surface area contributed by atoms with E-state index in [1.165, 1.54) is 51.7 Å². The molecule has 0 aliphatic carbocycles. The Bertz CT molecular complexity index is 195. The average molecular weight is 254 g/mol. The minimum atomic E-state index is 0.739. The Morgan fingerprint density at radius 2 is 1.83 bits per heavy atom. The van der Waals surface area contributed by atoms with E-state index < -0.39 is 0 Å². The Kier molecular flexibility index (Phi) is 7.92. The van der Waals surface area contributed by atoms with Crippen molar-refractivity contribution < 1.29 is 0 Å². The summed E-state index contributed by atoms with van der Waals surface area (Å²) in [5.41, 5.74) is 0. The van der Waals surface area contributed by atoms with Crippen LogP contribution in [0, 0.1) is 11.8 Å². The van der Waals surface area contributed by atoms with E-state index in [1.807, 2.05) is 0 Å². The Labute approximate surface area is 115 Å². The molecule has 1 rings (SSSR count). The Balaban J connectivity index is 2.10. The quantitative estimate of drug-likeness (QED) is 0.713. The largest absolute Gasteiger partial charge is 0.314 e. The highest BCUT2D eigenvalue weighted by Gasteiger charge is 2.21. The van der Waals surface area contributed by atoms with Gasteiger partial charge in [0.2, 0.25) is 0 Å². The van der Waals surface area contributed by atoms with E-state index in [-0.39, 0.29) is 0 Å². The fourth-order valence-electron chi connectivity index (χ4n) is 3.14. The number of likely N-dealkylation sites (tertiary alicyclic amines) is 1. The normalized spacial score (nSPS) is 20.5. The van der Waals surface area contributed by atoms with Gasteiger partial charge in [-0.15, -0.1) is 0 Å². The van der Waals surface area contributed by atoms with E-state index in [4.69, 9.17) is 0 Å². The van der Waals surface area contributed by atoms with E-state index in [0.717, 1.165) is 24.4 Å². The van der Waals surface area contributed by atoms with Gasteiger partial charge < -0.3 is 10.2 Å². The summed E-state index contributed by atoms with van der Waals surface area (Å²) < 4.78 is 0. The van der Waals surface area contributed by atoms with Crippen LogP contribution >= 0.6 is 0 Å². The van der Waals surface area contributed by atoms with Gasteiger partial charge >= 0.3 is 0 Å². The van der Waals surface area contributed by atoms with Gasteiger partial charge in [-0.3, -0.25) is 0 Å². The molecule has 1 saturated heterocycles. The molecule has 18 heavy (non-hydrogen) atoms. The lowest BCUT2D eigenvalue weighted by Crippen LogP contribution is -2.36. The SMILES string of the molecule is CCNC(CC)CCCN1CCC(C(C)C)CC1. The third-order valence-electron chi connectivity index (χ3n) is 4.59. The van der Waals surface area contributed by atoms with E-state index in [1.54, 1.807) is 0 Å². The van der Waals surface area contributed by atoms with Crippen LogP contribution in [-0.4, -0.2) is 37.1 Å². The lowest BCUT2D eigenvalue weighted by molar-refractivity contribution is 0.154. The lowest BCUT2D eigenvalue weighted by atomic mass is 9.86. The van der Waals surface area contributed by atoms with E-state index >= 15 is 0 Å². The van der Waals surface area contributed by atoms with E-state index in [9.17, 15) is 0 Å². The van der Waals surface area contributed by atoms with Gasteiger partial charge in [-0.25, -0.2) is 0 Å². The molecule has 0 aromatic rings. The van der Waals surface area contributed by atoms with Crippen LogP contribution in [-0.2, 0) is 0 Å². The zero-order chi connectivity index (χ0) is 13.4. The molecule has 0 amide bonds. The van der Waals surface area contributed by atoms with Crippen molar-refractivity contribution in [2.45, 2.75) is 65.8 Å². The van der Waals surface area contributed by atoms with Gasteiger partial charge in [0.25, 0.3) is 0 Å². The molecule has 0 saturated carbocycles. The van der Waals surface area contributed by atoms with Gasteiger partial charge in [0.15, 0.2) is 0 Å². The van der Waals surface area contributed by atoms with Gasteiger partial charge in [0, 0.05) is 6.04 Å². The van der Waals surface area contributed by atoms with Crippen LogP contribution in [0.25, 0.3) is 0 Å². The second-order valence-electron chi connectivity index (χ2n) is 6.23. The zero-order valence-corrected chi connectivity index (χ0v) is 13.0. The number of nitrogens with one attached hydrogen (secondary N) is 1. The van der Waals surface area contributed by atoms with Crippen LogP contribution in [0.2, 0.25) is 0 Å². The molecule has 1 N–H and O–H groups in total. The molecular formula is C16H34N2. The molecule has 0 spiro atoms. The molecular weight excluding hydrogens is 220 g/mol. The molecule has 1 fully saturated rings. The van der Waals surface area contributed by atoms with Crippen molar-refractivity contribution in [1.82, 2.24) is 10.2 Å². The fourth-order valence-corrected chi connectivity index (χ4v) is 3.14. The Morgan fingerprint density at radius 3 is 2.33 bits per heavy atom. The monoisotopic (exact) mass is 254 g/mol. The van der Waals surface area contributed by atoms with Crippen molar-refractivity contribution >= 4 is 0 Å². The van der Waals surface area contributed by atoms with Gasteiger partial charge in [-0.1, -0.05) is 27.7 Å². The second-order valence-corrected chi connectivity index (χ2v) is 6.23. The van der Waals surface area contributed by atoms with Gasteiger partial charge in [0.1, 0.15) is 0 Å². The zero-order valence-electron chi connectivity index (χ0n) is 13.0. The van der Waals surface area contributed by atoms with Crippen molar-refractivity contribution in [3.05, 3.63) is 0 Å². The van der Waals surface area contributed by atoms with Crippen molar-refractivity contribution in [2.75, 3.05) is 26.2 Å². The van der Waals surface area contributed by atoms with Crippen LogP contribution in [0.4, 0.5) is 0 Å². The maximum atomic E-state index is 3.57. The number of hydrogen-bond acceptors (Lipinski definition) is 2. The van der Waals surface area contributed by atoms with Crippen LogP contribution in [0.5, 0.6) is 0 Å². The number of nitrogens with zero attached hydrogens (tertiary/aromatic N) is 1.